The van der Waals surface area contributed by atoms with Crippen LogP contribution >= 0.6 is 23.2 Å². The normalized spacial score (nSPS) is 27.5. The molecule has 1 unspecified atom stereocenters. The minimum Gasteiger partial charge on any atom is -0.480 e. The van der Waals surface area contributed by atoms with Crippen LogP contribution in [0.2, 0.25) is 10.0 Å². The van der Waals surface area contributed by atoms with E-state index in [2.05, 4.69) is 11.4 Å². The molecule has 1 fully saturated rings. The predicted octanol–water partition coefficient (Wildman–Crippen LogP) is 4.62. The van der Waals surface area contributed by atoms with Crippen molar-refractivity contribution in [1.82, 2.24) is 5.32 Å². The lowest BCUT2D eigenvalue weighted by Crippen LogP contribution is -2.45. The van der Waals surface area contributed by atoms with Gasteiger partial charge in [0.2, 0.25) is 0 Å². The van der Waals surface area contributed by atoms with Crippen LogP contribution in [0.25, 0.3) is 0 Å². The second-order valence-electron chi connectivity index (χ2n) is 7.22. The molecular formula is C21H20Cl2N2O2. The minimum atomic E-state index is -1.08. The fraction of sp³-hybridized carbons (Fsp3) is 0.333. The molecule has 0 aliphatic carbocycles. The molecule has 0 spiro atoms. The Morgan fingerprint density at radius 3 is 2.37 bits per heavy atom. The molecule has 1 aliphatic heterocycles. The maximum Gasteiger partial charge on any atom is 0.321 e. The number of aliphatic carboxylic acids is 1. The van der Waals surface area contributed by atoms with Crippen LogP contribution in [-0.4, -0.2) is 23.2 Å². The summed E-state index contributed by atoms with van der Waals surface area (Å²) in [7, 11) is 0. The first-order valence-electron chi connectivity index (χ1n) is 8.73. The Bertz CT molecular complexity index is 892. The average molecular weight is 403 g/mol. The van der Waals surface area contributed by atoms with E-state index in [1.54, 1.807) is 30.3 Å². The Hall–Kier alpha value is -2.06. The third-order valence-corrected chi connectivity index (χ3v) is 5.81. The fourth-order valence-corrected chi connectivity index (χ4v) is 4.58. The molecule has 27 heavy (non-hydrogen) atoms. The van der Waals surface area contributed by atoms with Crippen molar-refractivity contribution in [2.45, 2.75) is 37.3 Å². The second-order valence-corrected chi connectivity index (χ2v) is 8.10. The van der Waals surface area contributed by atoms with E-state index in [1.165, 1.54) is 0 Å². The largest absolute Gasteiger partial charge is 0.480 e. The van der Waals surface area contributed by atoms with Gasteiger partial charge in [0.1, 0.15) is 11.5 Å². The molecule has 0 amide bonds. The number of halogens is 2. The molecular weight excluding hydrogens is 383 g/mol. The Morgan fingerprint density at radius 2 is 1.85 bits per heavy atom. The summed E-state index contributed by atoms with van der Waals surface area (Å²) >= 11 is 12.2. The van der Waals surface area contributed by atoms with Gasteiger partial charge in [-0.25, -0.2) is 0 Å². The van der Waals surface area contributed by atoms with Crippen molar-refractivity contribution < 1.29 is 9.90 Å². The monoisotopic (exact) mass is 402 g/mol. The van der Waals surface area contributed by atoms with E-state index in [9.17, 15) is 15.2 Å². The number of nitriles is 1. The number of nitrogens with one attached hydrogen (secondary N) is 1. The van der Waals surface area contributed by atoms with Crippen molar-refractivity contribution in [3.05, 3.63) is 69.7 Å². The maximum absolute atomic E-state index is 12.1. The molecule has 3 rings (SSSR count). The summed E-state index contributed by atoms with van der Waals surface area (Å²) in [4.78, 5) is 12.1. The highest BCUT2D eigenvalue weighted by molar-refractivity contribution is 6.30. The SMILES string of the molecule is CC(C)[C@@H]1N[C@@H](C(=O)O)C(c2cccc(Cl)c2)[C@@]1(C#N)c1ccc(Cl)cc1. The van der Waals surface area contributed by atoms with Crippen LogP contribution in [0.4, 0.5) is 0 Å². The molecule has 1 saturated heterocycles. The van der Waals surface area contributed by atoms with Gasteiger partial charge in [0.25, 0.3) is 0 Å². The smallest absolute Gasteiger partial charge is 0.321 e. The summed E-state index contributed by atoms with van der Waals surface area (Å²) in [5, 5.41) is 24.6. The molecule has 1 aliphatic rings. The van der Waals surface area contributed by atoms with Crippen LogP contribution < -0.4 is 5.32 Å². The number of carboxylic acid groups (broad SMARTS) is 1. The summed E-state index contributed by atoms with van der Waals surface area (Å²) in [6, 6.07) is 15.4. The molecule has 0 bridgehead atoms. The van der Waals surface area contributed by atoms with Crippen LogP contribution in [0.15, 0.2) is 48.5 Å². The van der Waals surface area contributed by atoms with Gasteiger partial charge in [-0.3, -0.25) is 10.1 Å². The van der Waals surface area contributed by atoms with E-state index < -0.39 is 23.3 Å². The molecule has 2 aromatic carbocycles. The van der Waals surface area contributed by atoms with Crippen LogP contribution in [0.1, 0.15) is 30.9 Å². The molecule has 2 N–H and O–H groups in total. The summed E-state index contributed by atoms with van der Waals surface area (Å²) < 4.78 is 0. The third-order valence-electron chi connectivity index (χ3n) is 5.32. The standard InChI is InChI=1S/C21H20Cl2N2O2/c1-12(2)19-21(11-24,14-6-8-15(22)9-7-14)17(18(25-19)20(26)27)13-4-3-5-16(23)10-13/h3-10,12,17-19,25H,1-2H3,(H,26,27)/t17?,18-,19+,21-/m1/s1. The van der Waals surface area contributed by atoms with E-state index in [1.807, 2.05) is 32.0 Å². The van der Waals surface area contributed by atoms with Gasteiger partial charge in [-0.05, 0) is 41.3 Å². The van der Waals surface area contributed by atoms with E-state index >= 15 is 0 Å². The first kappa shape index (κ1) is 19.7. The van der Waals surface area contributed by atoms with Gasteiger partial charge >= 0.3 is 5.97 Å². The maximum atomic E-state index is 12.1. The quantitative estimate of drug-likeness (QED) is 0.782. The Labute approximate surface area is 168 Å². The van der Waals surface area contributed by atoms with E-state index in [0.717, 1.165) is 11.1 Å². The van der Waals surface area contributed by atoms with Crippen LogP contribution in [0, 0.1) is 17.2 Å². The average Bonchev–Trinajstić information content (AvgIpc) is 2.99. The molecule has 0 aromatic heterocycles. The molecule has 1 heterocycles. The third kappa shape index (κ3) is 3.32. The van der Waals surface area contributed by atoms with Gasteiger partial charge in [-0.15, -0.1) is 0 Å². The number of hydrogen-bond acceptors (Lipinski definition) is 3. The van der Waals surface area contributed by atoms with Crippen LogP contribution in [0.3, 0.4) is 0 Å². The number of benzene rings is 2. The number of rotatable bonds is 4. The lowest BCUT2D eigenvalue weighted by molar-refractivity contribution is -0.139. The Morgan fingerprint density at radius 1 is 1.19 bits per heavy atom. The van der Waals surface area contributed by atoms with Gasteiger partial charge in [-0.2, -0.15) is 5.26 Å². The highest BCUT2D eigenvalue weighted by Gasteiger charge is 2.60. The van der Waals surface area contributed by atoms with Crippen molar-refractivity contribution in [1.29, 1.82) is 5.26 Å². The van der Waals surface area contributed by atoms with Crippen LogP contribution in [0.5, 0.6) is 0 Å². The van der Waals surface area contributed by atoms with Crippen molar-refractivity contribution in [3.8, 4) is 6.07 Å². The number of carboxylic acids is 1. The van der Waals surface area contributed by atoms with E-state index in [4.69, 9.17) is 23.2 Å². The molecule has 2 aromatic rings. The highest BCUT2D eigenvalue weighted by Crippen LogP contribution is 2.50. The Balaban J connectivity index is 2.30. The first-order chi connectivity index (χ1) is 12.8. The molecule has 4 atom stereocenters. The van der Waals surface area contributed by atoms with Crippen molar-refractivity contribution in [2.24, 2.45) is 5.92 Å². The van der Waals surface area contributed by atoms with Crippen molar-refractivity contribution in [2.75, 3.05) is 0 Å². The van der Waals surface area contributed by atoms with E-state index in [0.29, 0.717) is 10.0 Å². The first-order valence-corrected chi connectivity index (χ1v) is 9.48. The number of carbonyl (C=O) groups is 1. The lowest BCUT2D eigenvalue weighted by atomic mass is 9.63. The van der Waals surface area contributed by atoms with Crippen LogP contribution in [-0.2, 0) is 10.2 Å². The summed E-state index contributed by atoms with van der Waals surface area (Å²) in [6.45, 7) is 3.97. The zero-order chi connectivity index (χ0) is 19.8. The molecule has 0 saturated carbocycles. The molecule has 4 nitrogen and oxygen atoms in total. The minimum absolute atomic E-state index is 0.0337. The van der Waals surface area contributed by atoms with Crippen molar-refractivity contribution in [3.63, 3.8) is 0 Å². The molecule has 140 valence electrons. The summed E-state index contributed by atoms with van der Waals surface area (Å²) in [5.41, 5.74) is 0.392. The lowest BCUT2D eigenvalue weighted by Gasteiger charge is -2.36. The van der Waals surface area contributed by atoms with Gasteiger partial charge in [0.15, 0.2) is 0 Å². The fourth-order valence-electron chi connectivity index (χ4n) is 4.25. The number of hydrogen-bond donors (Lipinski definition) is 2. The van der Waals surface area contributed by atoms with Gasteiger partial charge in [-0.1, -0.05) is 61.3 Å². The predicted molar refractivity (Wildman–Crippen MR) is 106 cm³/mol. The van der Waals surface area contributed by atoms with Gasteiger partial charge in [0, 0.05) is 22.0 Å². The van der Waals surface area contributed by atoms with Gasteiger partial charge < -0.3 is 5.11 Å². The summed E-state index contributed by atoms with van der Waals surface area (Å²) in [5.74, 6) is -1.56. The highest BCUT2D eigenvalue weighted by atomic mass is 35.5. The topological polar surface area (TPSA) is 73.1 Å². The second kappa shape index (κ2) is 7.52. The van der Waals surface area contributed by atoms with Gasteiger partial charge in [0.05, 0.1) is 6.07 Å². The Kier molecular flexibility index (Phi) is 5.48. The molecule has 6 heteroatoms. The summed E-state index contributed by atoms with van der Waals surface area (Å²) in [6.07, 6.45) is 0. The van der Waals surface area contributed by atoms with Crippen molar-refractivity contribution >= 4 is 29.2 Å². The molecule has 0 radical (unpaired) electrons. The zero-order valence-electron chi connectivity index (χ0n) is 15.0. The zero-order valence-corrected chi connectivity index (χ0v) is 16.5. The number of nitrogens with zero attached hydrogens (tertiary/aromatic N) is 1. The van der Waals surface area contributed by atoms with E-state index in [-0.39, 0.29) is 12.0 Å².